The molecule has 30 heavy (non-hydrogen) atoms. The van der Waals surface area contributed by atoms with E-state index in [9.17, 15) is 18.4 Å². The van der Waals surface area contributed by atoms with Crippen LogP contribution in [0.3, 0.4) is 0 Å². The molecule has 10 nitrogen and oxygen atoms in total. The summed E-state index contributed by atoms with van der Waals surface area (Å²) < 4.78 is 36.2. The molecule has 2 amide bonds. The Morgan fingerprint density at radius 1 is 1.37 bits per heavy atom. The van der Waals surface area contributed by atoms with Gasteiger partial charge in [-0.1, -0.05) is 5.21 Å². The summed E-state index contributed by atoms with van der Waals surface area (Å²) >= 11 is 0. The number of nitrogens with two attached hydrogens (primary N) is 1. The van der Waals surface area contributed by atoms with Gasteiger partial charge in [0, 0.05) is 50.9 Å². The molecule has 1 aromatic carbocycles. The van der Waals surface area contributed by atoms with E-state index in [-0.39, 0.29) is 37.1 Å². The van der Waals surface area contributed by atoms with E-state index in [4.69, 9.17) is 10.5 Å². The Bertz CT molecular complexity index is 919. The van der Waals surface area contributed by atoms with Gasteiger partial charge >= 0.3 is 6.09 Å². The third-order valence-corrected chi connectivity index (χ3v) is 5.29. The quantitative estimate of drug-likeness (QED) is 0.573. The van der Waals surface area contributed by atoms with Gasteiger partial charge in [-0.15, -0.1) is 5.10 Å². The maximum atomic E-state index is 14.5. The number of carbonyl (C=O) groups is 2. The molecule has 2 atom stereocenters. The Kier molecular flexibility index (Phi) is 5.24. The van der Waals surface area contributed by atoms with Gasteiger partial charge in [-0.05, 0) is 0 Å². The van der Waals surface area contributed by atoms with Crippen molar-refractivity contribution in [1.29, 1.82) is 0 Å². The summed E-state index contributed by atoms with van der Waals surface area (Å²) in [5, 5.41) is 10.3. The van der Waals surface area contributed by atoms with Crippen LogP contribution in [-0.2, 0) is 9.53 Å². The average Bonchev–Trinajstić information content (AvgIpc) is 3.06. The van der Waals surface area contributed by atoms with Crippen LogP contribution in [0.5, 0.6) is 0 Å². The van der Waals surface area contributed by atoms with E-state index in [2.05, 4.69) is 15.6 Å². The highest BCUT2D eigenvalue weighted by Crippen LogP contribution is 2.54. The standard InChI is InChI=1S/C18H21F2N7O3/c19-13-7-12(8-14(20)16(13)22-2-5-25(11-28)4-1-21)26-10-18(30-17(26)29)9-15(18)27-6-3-23-24-27/h3,6-8,11,15,22H,1-2,4-5,9-10,21H2. The maximum Gasteiger partial charge on any atom is 0.415 e. The number of carbonyl (C=O) groups excluding carboxylic acids is 2. The first-order valence-electron chi connectivity index (χ1n) is 9.46. The Labute approximate surface area is 170 Å². The molecule has 0 bridgehead atoms. The van der Waals surface area contributed by atoms with E-state index >= 15 is 0 Å². The predicted molar refractivity (Wildman–Crippen MR) is 102 cm³/mol. The van der Waals surface area contributed by atoms with E-state index in [0.717, 1.165) is 12.1 Å². The zero-order valence-electron chi connectivity index (χ0n) is 16.0. The Hall–Kier alpha value is -3.28. The normalized spacial score (nSPS) is 22.3. The first-order chi connectivity index (χ1) is 14.5. The van der Waals surface area contributed by atoms with E-state index in [1.807, 2.05) is 0 Å². The molecule has 3 N–H and O–H groups in total. The zero-order chi connectivity index (χ0) is 21.3. The van der Waals surface area contributed by atoms with Crippen molar-refractivity contribution in [1.82, 2.24) is 19.9 Å². The second-order valence-corrected chi connectivity index (χ2v) is 7.26. The molecule has 2 heterocycles. The smallest absolute Gasteiger partial charge is 0.415 e. The number of rotatable bonds is 9. The van der Waals surface area contributed by atoms with Crippen LogP contribution in [0.1, 0.15) is 12.5 Å². The van der Waals surface area contributed by atoms with Gasteiger partial charge in [0.05, 0.1) is 24.5 Å². The van der Waals surface area contributed by atoms with Gasteiger partial charge in [0.1, 0.15) is 5.69 Å². The van der Waals surface area contributed by atoms with Crippen LogP contribution in [0.2, 0.25) is 0 Å². The lowest BCUT2D eigenvalue weighted by atomic mass is 10.2. The highest BCUT2D eigenvalue weighted by molar-refractivity contribution is 5.91. The van der Waals surface area contributed by atoms with E-state index < -0.39 is 23.3 Å². The molecule has 1 aliphatic carbocycles. The monoisotopic (exact) mass is 421 g/mol. The number of hydrogen-bond acceptors (Lipinski definition) is 7. The topological polar surface area (TPSA) is 119 Å². The summed E-state index contributed by atoms with van der Waals surface area (Å²) in [4.78, 5) is 25.8. The molecule has 1 spiro atoms. The number of benzene rings is 1. The molecule has 12 heteroatoms. The summed E-state index contributed by atoms with van der Waals surface area (Å²) in [5.41, 5.74) is 4.37. The number of hydrogen-bond donors (Lipinski definition) is 2. The molecular formula is C18H21F2N7O3. The molecular weight excluding hydrogens is 400 g/mol. The van der Waals surface area contributed by atoms with Gasteiger partial charge in [-0.3, -0.25) is 9.69 Å². The van der Waals surface area contributed by atoms with Crippen molar-refractivity contribution >= 4 is 23.9 Å². The van der Waals surface area contributed by atoms with Crippen molar-refractivity contribution in [2.75, 3.05) is 42.9 Å². The van der Waals surface area contributed by atoms with Gasteiger partial charge in [0.25, 0.3) is 0 Å². The summed E-state index contributed by atoms with van der Waals surface area (Å²) in [6.07, 6.45) is 3.72. The van der Waals surface area contributed by atoms with Crippen LogP contribution in [-0.4, -0.2) is 70.7 Å². The third-order valence-electron chi connectivity index (χ3n) is 5.29. The van der Waals surface area contributed by atoms with Gasteiger partial charge in [-0.25, -0.2) is 18.3 Å². The molecule has 0 radical (unpaired) electrons. The van der Waals surface area contributed by atoms with Crippen molar-refractivity contribution in [3.05, 3.63) is 36.2 Å². The van der Waals surface area contributed by atoms with Gasteiger partial charge in [0.2, 0.25) is 6.41 Å². The third kappa shape index (κ3) is 3.65. The number of halogens is 2. The highest BCUT2D eigenvalue weighted by Gasteiger charge is 2.65. The molecule has 2 aromatic rings. The van der Waals surface area contributed by atoms with Crippen molar-refractivity contribution < 1.29 is 23.1 Å². The zero-order valence-corrected chi connectivity index (χ0v) is 16.0. The first kappa shape index (κ1) is 20.0. The number of amides is 2. The van der Waals surface area contributed by atoms with Crippen molar-refractivity contribution in [2.24, 2.45) is 5.73 Å². The molecule has 2 aliphatic rings. The van der Waals surface area contributed by atoms with Crippen LogP contribution in [0.25, 0.3) is 0 Å². The second-order valence-electron chi connectivity index (χ2n) is 7.26. The van der Waals surface area contributed by atoms with Gasteiger partial charge in [0.15, 0.2) is 17.2 Å². The largest absolute Gasteiger partial charge is 0.438 e. The SMILES string of the molecule is NCCN(C=O)CCNc1c(F)cc(N2CC3(CC3n3ccnn3)OC2=O)cc1F. The number of nitrogens with one attached hydrogen (secondary N) is 1. The fourth-order valence-electron chi connectivity index (χ4n) is 3.65. The lowest BCUT2D eigenvalue weighted by Crippen LogP contribution is -2.32. The van der Waals surface area contributed by atoms with E-state index in [1.165, 1.54) is 16.0 Å². The fourth-order valence-corrected chi connectivity index (χ4v) is 3.65. The molecule has 1 aromatic heterocycles. The summed E-state index contributed by atoms with van der Waals surface area (Å²) in [7, 11) is 0. The van der Waals surface area contributed by atoms with Crippen LogP contribution >= 0.6 is 0 Å². The maximum absolute atomic E-state index is 14.5. The van der Waals surface area contributed by atoms with Gasteiger partial charge in [-0.2, -0.15) is 0 Å². The molecule has 1 aliphatic heterocycles. The molecule has 1 saturated heterocycles. The van der Waals surface area contributed by atoms with Crippen LogP contribution < -0.4 is 16.0 Å². The van der Waals surface area contributed by atoms with Crippen LogP contribution in [0.15, 0.2) is 24.5 Å². The average molecular weight is 421 g/mol. The van der Waals surface area contributed by atoms with Crippen LogP contribution in [0, 0.1) is 11.6 Å². The van der Waals surface area contributed by atoms with Crippen molar-refractivity contribution in [3.8, 4) is 0 Å². The number of aromatic nitrogens is 3. The number of ether oxygens (including phenoxy) is 1. The minimum atomic E-state index is -0.848. The Morgan fingerprint density at radius 2 is 2.13 bits per heavy atom. The summed E-state index contributed by atoms with van der Waals surface area (Å²) in [5.74, 6) is -1.70. The summed E-state index contributed by atoms with van der Waals surface area (Å²) in [6, 6.07) is 2.00. The van der Waals surface area contributed by atoms with E-state index in [1.54, 1.807) is 10.9 Å². The second kappa shape index (κ2) is 7.86. The minimum Gasteiger partial charge on any atom is -0.438 e. The first-order valence-corrected chi connectivity index (χ1v) is 9.46. The number of anilines is 2. The fraction of sp³-hybridized carbons (Fsp3) is 0.444. The molecule has 2 unspecified atom stereocenters. The minimum absolute atomic E-state index is 0.0688. The molecule has 2 fully saturated rings. The van der Waals surface area contributed by atoms with Gasteiger partial charge < -0.3 is 20.7 Å². The molecule has 4 rings (SSSR count). The van der Waals surface area contributed by atoms with Crippen molar-refractivity contribution in [2.45, 2.75) is 18.1 Å². The lowest BCUT2D eigenvalue weighted by molar-refractivity contribution is -0.117. The molecule has 160 valence electrons. The molecule has 1 saturated carbocycles. The predicted octanol–water partition coefficient (Wildman–Crippen LogP) is 0.726. The lowest BCUT2D eigenvalue weighted by Gasteiger charge is -2.18. The number of nitrogens with zero attached hydrogens (tertiary/aromatic N) is 5. The Balaban J connectivity index is 1.43. The summed E-state index contributed by atoms with van der Waals surface area (Å²) in [6.45, 7) is 1.19. The van der Waals surface area contributed by atoms with Crippen molar-refractivity contribution in [3.63, 3.8) is 0 Å². The highest BCUT2D eigenvalue weighted by atomic mass is 19.1. The Morgan fingerprint density at radius 3 is 2.77 bits per heavy atom. The van der Waals surface area contributed by atoms with Crippen LogP contribution in [0.4, 0.5) is 25.0 Å². The van der Waals surface area contributed by atoms with E-state index in [0.29, 0.717) is 25.9 Å².